The van der Waals surface area contributed by atoms with Crippen LogP contribution in [0, 0.1) is 5.82 Å². The summed E-state index contributed by atoms with van der Waals surface area (Å²) < 4.78 is 18.9. The highest BCUT2D eigenvalue weighted by Gasteiger charge is 2.08. The molecule has 0 fully saturated rings. The van der Waals surface area contributed by atoms with Crippen molar-refractivity contribution in [1.29, 1.82) is 0 Å². The Balaban J connectivity index is 1.96. The zero-order valence-electron chi connectivity index (χ0n) is 10.7. The number of hydrogen-bond donors (Lipinski definition) is 2. The molecule has 0 aliphatic heterocycles. The van der Waals surface area contributed by atoms with Gasteiger partial charge in [-0.25, -0.2) is 4.39 Å². The van der Waals surface area contributed by atoms with E-state index >= 15 is 0 Å². The molecule has 0 bridgehead atoms. The first-order chi connectivity index (χ1) is 9.95. The fourth-order valence-corrected chi connectivity index (χ4v) is 2.37. The number of carbonyl (C=O) groups is 1. The van der Waals surface area contributed by atoms with Crippen LogP contribution < -0.4 is 15.8 Å². The summed E-state index contributed by atoms with van der Waals surface area (Å²) in [5.41, 5.74) is 6.08. The van der Waals surface area contributed by atoms with Crippen LogP contribution in [-0.2, 0) is 4.79 Å². The Morgan fingerprint density at radius 1 is 1.33 bits per heavy atom. The summed E-state index contributed by atoms with van der Waals surface area (Å²) in [4.78, 5) is 11.8. The number of halogens is 3. The minimum Gasteiger partial charge on any atom is -0.483 e. The number of nitrogens with one attached hydrogen (secondary N) is 1. The number of nitrogen functional groups attached to an aromatic ring is 1. The van der Waals surface area contributed by atoms with E-state index in [9.17, 15) is 9.18 Å². The number of benzene rings is 2. The molecule has 110 valence electrons. The first-order valence-electron chi connectivity index (χ1n) is 5.88. The topological polar surface area (TPSA) is 64.3 Å². The van der Waals surface area contributed by atoms with Crippen molar-refractivity contribution in [1.82, 2.24) is 0 Å². The van der Waals surface area contributed by atoms with Crippen LogP contribution in [0.2, 0.25) is 5.02 Å². The van der Waals surface area contributed by atoms with Crippen LogP contribution in [0.3, 0.4) is 0 Å². The molecule has 1 amide bonds. The average Bonchev–Trinajstić information content (AvgIpc) is 2.41. The molecule has 0 aliphatic carbocycles. The summed E-state index contributed by atoms with van der Waals surface area (Å²) in [7, 11) is 0. The molecule has 0 spiro atoms. The third-order valence-corrected chi connectivity index (χ3v) is 3.40. The predicted octanol–water partition coefficient (Wildman–Crippen LogP) is 3.84. The molecule has 0 saturated carbocycles. The highest BCUT2D eigenvalue weighted by atomic mass is 79.9. The van der Waals surface area contributed by atoms with E-state index < -0.39 is 11.7 Å². The van der Waals surface area contributed by atoms with Gasteiger partial charge in [-0.05, 0) is 52.3 Å². The van der Waals surface area contributed by atoms with Crippen molar-refractivity contribution < 1.29 is 13.9 Å². The molecule has 0 unspecified atom stereocenters. The largest absolute Gasteiger partial charge is 0.483 e. The van der Waals surface area contributed by atoms with E-state index in [2.05, 4.69) is 21.2 Å². The predicted molar refractivity (Wildman–Crippen MR) is 84.1 cm³/mol. The maximum Gasteiger partial charge on any atom is 0.262 e. The van der Waals surface area contributed by atoms with Gasteiger partial charge in [-0.3, -0.25) is 4.79 Å². The molecule has 0 heterocycles. The van der Waals surface area contributed by atoms with Crippen molar-refractivity contribution in [3.05, 3.63) is 51.7 Å². The molecule has 21 heavy (non-hydrogen) atoms. The number of ether oxygens (including phenoxy) is 1. The van der Waals surface area contributed by atoms with E-state index in [1.165, 1.54) is 12.1 Å². The minimum absolute atomic E-state index is 0.149. The molecule has 2 aromatic carbocycles. The molecule has 3 N–H and O–H groups in total. The van der Waals surface area contributed by atoms with Gasteiger partial charge in [0.25, 0.3) is 5.91 Å². The molecule has 0 saturated heterocycles. The zero-order valence-corrected chi connectivity index (χ0v) is 13.0. The SMILES string of the molecule is Nc1cc(F)ccc1NC(=O)COc1ccc(Cl)cc1Br. The summed E-state index contributed by atoms with van der Waals surface area (Å²) in [6, 6.07) is 8.69. The number of carbonyl (C=O) groups excluding carboxylic acids is 1. The fourth-order valence-electron chi connectivity index (χ4n) is 1.57. The maximum absolute atomic E-state index is 12.9. The Hall–Kier alpha value is -1.79. The van der Waals surface area contributed by atoms with Crippen molar-refractivity contribution in [3.8, 4) is 5.75 Å². The lowest BCUT2D eigenvalue weighted by Crippen LogP contribution is -2.21. The zero-order chi connectivity index (χ0) is 15.4. The van der Waals surface area contributed by atoms with Gasteiger partial charge in [0.1, 0.15) is 11.6 Å². The molecule has 2 aromatic rings. The molecule has 7 heteroatoms. The number of hydrogen-bond acceptors (Lipinski definition) is 3. The molecular weight excluding hydrogens is 363 g/mol. The first-order valence-corrected chi connectivity index (χ1v) is 7.05. The van der Waals surface area contributed by atoms with Gasteiger partial charge in [0.15, 0.2) is 6.61 Å². The Bertz CT molecular complexity index is 682. The number of amides is 1. The van der Waals surface area contributed by atoms with Gasteiger partial charge in [-0.15, -0.1) is 0 Å². The van der Waals surface area contributed by atoms with Gasteiger partial charge in [0.2, 0.25) is 0 Å². The third-order valence-electron chi connectivity index (χ3n) is 2.54. The lowest BCUT2D eigenvalue weighted by molar-refractivity contribution is -0.118. The fraction of sp³-hybridized carbons (Fsp3) is 0.0714. The van der Waals surface area contributed by atoms with Gasteiger partial charge in [0, 0.05) is 5.02 Å². The van der Waals surface area contributed by atoms with Crippen molar-refractivity contribution in [3.63, 3.8) is 0 Å². The molecule has 4 nitrogen and oxygen atoms in total. The van der Waals surface area contributed by atoms with E-state index in [1.54, 1.807) is 18.2 Å². The molecule has 2 rings (SSSR count). The van der Waals surface area contributed by atoms with Crippen LogP contribution in [0.1, 0.15) is 0 Å². The van der Waals surface area contributed by atoms with E-state index in [1.807, 2.05) is 0 Å². The minimum atomic E-state index is -0.466. The summed E-state index contributed by atoms with van der Waals surface area (Å²) in [6.07, 6.45) is 0. The van der Waals surface area contributed by atoms with E-state index in [-0.39, 0.29) is 12.3 Å². The van der Waals surface area contributed by atoms with Crippen LogP contribution >= 0.6 is 27.5 Å². The highest BCUT2D eigenvalue weighted by molar-refractivity contribution is 9.10. The van der Waals surface area contributed by atoms with Crippen LogP contribution in [0.4, 0.5) is 15.8 Å². The number of rotatable bonds is 4. The van der Waals surface area contributed by atoms with E-state index in [0.717, 1.165) is 6.07 Å². The van der Waals surface area contributed by atoms with Crippen LogP contribution in [0.15, 0.2) is 40.9 Å². The number of anilines is 2. The third kappa shape index (κ3) is 4.34. The van der Waals surface area contributed by atoms with Crippen molar-refractivity contribution in [2.75, 3.05) is 17.7 Å². The average molecular weight is 374 g/mol. The summed E-state index contributed by atoms with van der Waals surface area (Å²) in [5, 5.41) is 3.10. The first kappa shape index (κ1) is 15.6. The van der Waals surface area contributed by atoms with Gasteiger partial charge in [-0.1, -0.05) is 11.6 Å². The van der Waals surface area contributed by atoms with Crippen molar-refractivity contribution in [2.24, 2.45) is 0 Å². The van der Waals surface area contributed by atoms with Crippen molar-refractivity contribution >= 4 is 44.8 Å². The molecule has 0 radical (unpaired) electrons. The quantitative estimate of drug-likeness (QED) is 0.800. The molecule has 0 aliphatic rings. The lowest BCUT2D eigenvalue weighted by atomic mass is 10.2. The normalized spacial score (nSPS) is 10.2. The Morgan fingerprint density at radius 3 is 2.76 bits per heavy atom. The lowest BCUT2D eigenvalue weighted by Gasteiger charge is -2.10. The smallest absolute Gasteiger partial charge is 0.262 e. The van der Waals surface area contributed by atoms with Crippen LogP contribution in [0.5, 0.6) is 5.75 Å². The molecule has 0 aromatic heterocycles. The summed E-state index contributed by atoms with van der Waals surface area (Å²) >= 11 is 9.09. The summed E-state index contributed by atoms with van der Waals surface area (Å²) in [5.74, 6) is -0.386. The second-order valence-electron chi connectivity index (χ2n) is 4.14. The summed E-state index contributed by atoms with van der Waals surface area (Å²) in [6.45, 7) is -0.211. The Kier molecular flexibility index (Phi) is 5.03. The van der Waals surface area contributed by atoms with Gasteiger partial charge < -0.3 is 15.8 Å². The Labute approximate surface area is 134 Å². The van der Waals surface area contributed by atoms with Gasteiger partial charge >= 0.3 is 0 Å². The molecular formula is C14H11BrClFN2O2. The second kappa shape index (κ2) is 6.78. The van der Waals surface area contributed by atoms with Crippen molar-refractivity contribution in [2.45, 2.75) is 0 Å². The molecule has 0 atom stereocenters. The van der Waals surface area contributed by atoms with E-state index in [4.69, 9.17) is 22.1 Å². The van der Waals surface area contributed by atoms with E-state index in [0.29, 0.717) is 20.9 Å². The Morgan fingerprint density at radius 2 is 2.10 bits per heavy atom. The van der Waals surface area contributed by atoms with Gasteiger partial charge in [0.05, 0.1) is 15.8 Å². The highest BCUT2D eigenvalue weighted by Crippen LogP contribution is 2.28. The van der Waals surface area contributed by atoms with Crippen LogP contribution in [0.25, 0.3) is 0 Å². The monoisotopic (exact) mass is 372 g/mol. The van der Waals surface area contributed by atoms with Crippen LogP contribution in [-0.4, -0.2) is 12.5 Å². The maximum atomic E-state index is 12.9. The second-order valence-corrected chi connectivity index (χ2v) is 5.43. The van der Waals surface area contributed by atoms with Gasteiger partial charge in [-0.2, -0.15) is 0 Å². The number of nitrogens with two attached hydrogens (primary N) is 1. The standard InChI is InChI=1S/C14H11BrClFN2O2/c15-10-5-8(16)1-4-13(10)21-7-14(20)19-12-3-2-9(17)6-11(12)18/h1-6H,7,18H2,(H,19,20).